The summed E-state index contributed by atoms with van der Waals surface area (Å²) in [4.78, 5) is 7.55. The van der Waals surface area contributed by atoms with Gasteiger partial charge in [0.25, 0.3) is 0 Å². The Morgan fingerprint density at radius 1 is 0.397 bits per heavy atom. The SMILES string of the molecule is c1ccc(-c2nc3c(ccc4sc5ccc(-c6ccc(N(c7ccc(-c8cccc9ccccc89)cc7)c7ccc8oc9ccccc9c8c7)cc6)cc5c43)s2)cc1. The van der Waals surface area contributed by atoms with E-state index in [0.29, 0.717) is 0 Å². The highest BCUT2D eigenvalue weighted by Gasteiger charge is 2.18. The summed E-state index contributed by atoms with van der Waals surface area (Å²) in [5.41, 5.74) is 12.0. The Morgan fingerprint density at radius 2 is 1.05 bits per heavy atom. The van der Waals surface area contributed by atoms with Crippen LogP contribution in [-0.2, 0) is 0 Å². The molecule has 0 atom stereocenters. The Kier molecular flexibility index (Phi) is 7.58. The van der Waals surface area contributed by atoms with Gasteiger partial charge in [0, 0.05) is 53.6 Å². The maximum atomic E-state index is 6.24. The lowest BCUT2D eigenvalue weighted by atomic mass is 9.98. The Morgan fingerprint density at radius 3 is 1.90 bits per heavy atom. The number of thiazole rings is 1. The lowest BCUT2D eigenvalue weighted by molar-refractivity contribution is 0.669. The first kappa shape index (κ1) is 33.1. The van der Waals surface area contributed by atoms with Crippen molar-refractivity contribution in [3.05, 3.63) is 194 Å². The molecular weight excluding hydrogens is 745 g/mol. The van der Waals surface area contributed by atoms with Crippen molar-refractivity contribution in [1.29, 1.82) is 0 Å². The molecule has 3 heterocycles. The normalized spacial score (nSPS) is 11.8. The van der Waals surface area contributed by atoms with Gasteiger partial charge in [-0.15, -0.1) is 22.7 Å². The molecule has 0 aliphatic rings. The maximum Gasteiger partial charge on any atom is 0.135 e. The maximum absolute atomic E-state index is 6.24. The number of furan rings is 1. The van der Waals surface area contributed by atoms with Crippen LogP contribution in [0.3, 0.4) is 0 Å². The van der Waals surface area contributed by atoms with Crippen LogP contribution in [0.1, 0.15) is 0 Å². The molecule has 12 rings (SSSR count). The van der Waals surface area contributed by atoms with Gasteiger partial charge in [0.2, 0.25) is 0 Å². The predicted molar refractivity (Wildman–Crippen MR) is 248 cm³/mol. The van der Waals surface area contributed by atoms with Gasteiger partial charge in [-0.3, -0.25) is 0 Å². The third kappa shape index (κ3) is 5.43. The van der Waals surface area contributed by atoms with Crippen LogP contribution in [0.4, 0.5) is 17.1 Å². The van der Waals surface area contributed by atoms with Crippen LogP contribution in [0.15, 0.2) is 199 Å². The van der Waals surface area contributed by atoms with Gasteiger partial charge >= 0.3 is 0 Å². The molecule has 0 spiro atoms. The van der Waals surface area contributed by atoms with Gasteiger partial charge in [0.15, 0.2) is 0 Å². The van der Waals surface area contributed by atoms with Crippen molar-refractivity contribution in [2.24, 2.45) is 0 Å². The van der Waals surface area contributed by atoms with E-state index in [0.717, 1.165) is 55.1 Å². The lowest BCUT2D eigenvalue weighted by Gasteiger charge is -2.26. The number of anilines is 3. The smallest absolute Gasteiger partial charge is 0.135 e. The quantitative estimate of drug-likeness (QED) is 0.168. The van der Waals surface area contributed by atoms with Gasteiger partial charge < -0.3 is 9.32 Å². The summed E-state index contributed by atoms with van der Waals surface area (Å²) in [5.74, 6) is 0. The number of benzene rings is 9. The van der Waals surface area contributed by atoms with Crippen molar-refractivity contribution < 1.29 is 4.42 Å². The van der Waals surface area contributed by atoms with E-state index in [1.165, 1.54) is 57.9 Å². The second-order valence-corrected chi connectivity index (χ2v) is 16.8. The Hall–Kier alpha value is -7.05. The second kappa shape index (κ2) is 13.3. The van der Waals surface area contributed by atoms with Crippen LogP contribution < -0.4 is 4.90 Å². The molecule has 0 saturated heterocycles. The molecule has 0 saturated carbocycles. The van der Waals surface area contributed by atoms with Gasteiger partial charge in [-0.1, -0.05) is 121 Å². The summed E-state index contributed by atoms with van der Waals surface area (Å²) in [6.07, 6.45) is 0. The van der Waals surface area contributed by atoms with Gasteiger partial charge in [-0.25, -0.2) is 4.98 Å². The average molecular weight is 777 g/mol. The zero-order valence-electron chi connectivity index (χ0n) is 31.1. The molecule has 3 aromatic heterocycles. The fourth-order valence-corrected chi connectivity index (χ4v) is 10.6. The third-order valence-corrected chi connectivity index (χ3v) is 13.5. The zero-order chi connectivity index (χ0) is 38.2. The van der Waals surface area contributed by atoms with E-state index < -0.39 is 0 Å². The van der Waals surface area contributed by atoms with Crippen LogP contribution in [0, 0.1) is 0 Å². The molecule has 3 nitrogen and oxygen atoms in total. The summed E-state index contributed by atoms with van der Waals surface area (Å²) in [6.45, 7) is 0. The molecule has 9 aromatic carbocycles. The number of para-hydroxylation sites is 1. The first-order valence-electron chi connectivity index (χ1n) is 19.4. The minimum Gasteiger partial charge on any atom is -0.456 e. The van der Waals surface area contributed by atoms with Crippen molar-refractivity contribution in [1.82, 2.24) is 4.98 Å². The summed E-state index contributed by atoms with van der Waals surface area (Å²) < 4.78 is 10.00. The largest absolute Gasteiger partial charge is 0.456 e. The predicted octanol–water partition coefficient (Wildman–Crippen LogP) is 16.2. The van der Waals surface area contributed by atoms with Crippen LogP contribution >= 0.6 is 22.7 Å². The van der Waals surface area contributed by atoms with Crippen molar-refractivity contribution in [3.8, 4) is 32.8 Å². The number of thiophene rings is 1. The van der Waals surface area contributed by atoms with E-state index >= 15 is 0 Å². The zero-order valence-corrected chi connectivity index (χ0v) is 32.7. The molecule has 0 fully saturated rings. The molecule has 0 radical (unpaired) electrons. The summed E-state index contributed by atoms with van der Waals surface area (Å²) >= 11 is 3.60. The van der Waals surface area contributed by atoms with Crippen molar-refractivity contribution in [2.45, 2.75) is 0 Å². The first-order chi connectivity index (χ1) is 28.7. The van der Waals surface area contributed by atoms with Crippen molar-refractivity contribution >= 4 is 103 Å². The van der Waals surface area contributed by atoms with Crippen molar-refractivity contribution in [3.63, 3.8) is 0 Å². The van der Waals surface area contributed by atoms with E-state index in [2.05, 4.69) is 187 Å². The molecule has 0 N–H and O–H groups in total. The standard InChI is InChI=1S/C53H32N2OS2/c1-2-10-36(11-3-1)53-54-52-50(58-53)30-29-49-51(52)45-31-37(21-28-48(45)57-49)33-17-22-38(23-18-33)55(40-26-27-47-44(32-40)43-14-6-7-16-46(43)56-47)39-24-19-35(20-25-39)42-15-8-12-34-9-4-5-13-41(34)42/h1-32H. The Balaban J connectivity index is 0.957. The number of rotatable bonds is 6. The average Bonchev–Trinajstić information content (AvgIpc) is 4.00. The molecule has 0 unspecified atom stereocenters. The highest BCUT2D eigenvalue weighted by molar-refractivity contribution is 7.26. The van der Waals surface area contributed by atoms with E-state index in [9.17, 15) is 0 Å². The molecule has 58 heavy (non-hydrogen) atoms. The molecule has 0 bridgehead atoms. The minimum atomic E-state index is 0.883. The summed E-state index contributed by atoms with van der Waals surface area (Å²) in [6, 6.07) is 69.7. The molecule has 0 aliphatic carbocycles. The lowest BCUT2D eigenvalue weighted by Crippen LogP contribution is -2.09. The number of aromatic nitrogens is 1. The number of nitrogens with zero attached hydrogens (tertiary/aromatic N) is 2. The van der Waals surface area contributed by atoms with E-state index in [1.54, 1.807) is 11.3 Å². The van der Waals surface area contributed by atoms with Gasteiger partial charge in [-0.2, -0.15) is 0 Å². The van der Waals surface area contributed by atoms with Crippen LogP contribution in [0.2, 0.25) is 0 Å². The van der Waals surface area contributed by atoms with E-state index in [4.69, 9.17) is 9.40 Å². The first-order valence-corrected chi connectivity index (χ1v) is 21.1. The highest BCUT2D eigenvalue weighted by Crippen LogP contribution is 2.44. The monoisotopic (exact) mass is 776 g/mol. The summed E-state index contributed by atoms with van der Waals surface area (Å²) in [7, 11) is 0. The highest BCUT2D eigenvalue weighted by atomic mass is 32.1. The topological polar surface area (TPSA) is 29.3 Å². The fourth-order valence-electron chi connectivity index (χ4n) is 8.51. The number of hydrogen-bond acceptors (Lipinski definition) is 5. The third-order valence-electron chi connectivity index (χ3n) is 11.3. The molecule has 272 valence electrons. The molecule has 5 heteroatoms. The Labute approximate surface area is 342 Å². The number of fused-ring (bicyclic) bond motifs is 9. The molecular formula is C53H32N2OS2. The minimum absolute atomic E-state index is 0.883. The Bertz CT molecular complexity index is 3500. The van der Waals surface area contributed by atoms with Crippen molar-refractivity contribution in [2.75, 3.05) is 4.90 Å². The second-order valence-electron chi connectivity index (χ2n) is 14.7. The van der Waals surface area contributed by atoms with Crippen LogP contribution in [-0.4, -0.2) is 4.98 Å². The van der Waals surface area contributed by atoms with Crippen LogP contribution in [0.25, 0.3) is 95.9 Å². The fraction of sp³-hybridized carbons (Fsp3) is 0. The molecule has 12 aromatic rings. The van der Waals surface area contributed by atoms with Crippen LogP contribution in [0.5, 0.6) is 0 Å². The van der Waals surface area contributed by atoms with E-state index in [1.807, 2.05) is 23.5 Å². The van der Waals surface area contributed by atoms with Gasteiger partial charge in [0.05, 0.1) is 10.2 Å². The van der Waals surface area contributed by atoms with Gasteiger partial charge in [-0.05, 0) is 106 Å². The summed E-state index contributed by atoms with van der Waals surface area (Å²) in [5, 5.41) is 8.27. The van der Waals surface area contributed by atoms with Gasteiger partial charge in [0.1, 0.15) is 16.2 Å². The number of hydrogen-bond donors (Lipinski definition) is 0. The molecule has 0 aliphatic heterocycles. The molecule has 0 amide bonds. The van der Waals surface area contributed by atoms with E-state index in [-0.39, 0.29) is 0 Å².